The van der Waals surface area contributed by atoms with Gasteiger partial charge in [-0.05, 0) is 22.5 Å². The van der Waals surface area contributed by atoms with E-state index < -0.39 is 8.07 Å². The zero-order valence-corrected chi connectivity index (χ0v) is 14.8. The normalized spacial score (nSPS) is 10.5. The Hall–Kier alpha value is -2.76. The fourth-order valence-electron chi connectivity index (χ4n) is 2.97. The summed E-state index contributed by atoms with van der Waals surface area (Å²) in [5.41, 5.74) is 3.55. The van der Waals surface area contributed by atoms with E-state index in [1.807, 2.05) is 6.92 Å². The summed E-state index contributed by atoms with van der Waals surface area (Å²) in [5.74, 6) is 0. The highest BCUT2D eigenvalue weighted by Crippen LogP contribution is 2.07. The van der Waals surface area contributed by atoms with Crippen molar-refractivity contribution in [3.63, 3.8) is 0 Å². The van der Waals surface area contributed by atoms with Crippen molar-refractivity contribution in [1.82, 2.24) is 0 Å². The average molecular weight is 328 g/mol. The van der Waals surface area contributed by atoms with Gasteiger partial charge in [0.2, 0.25) is 8.07 Å². The second-order valence-corrected chi connectivity index (χ2v) is 8.99. The SMILES string of the molecule is CCOC#C[Si](c1ccccc1)(c1ccccc1)c1ccccc1. The molecule has 0 aliphatic carbocycles. The Kier molecular flexibility index (Phi) is 5.15. The van der Waals surface area contributed by atoms with Crippen LogP contribution in [0.2, 0.25) is 0 Å². The van der Waals surface area contributed by atoms with Gasteiger partial charge in [0.25, 0.3) is 0 Å². The van der Waals surface area contributed by atoms with Gasteiger partial charge in [-0.2, -0.15) is 0 Å². The minimum atomic E-state index is -2.45. The fourth-order valence-corrected chi connectivity index (χ4v) is 6.70. The van der Waals surface area contributed by atoms with Gasteiger partial charge in [0.05, 0.1) is 6.61 Å². The van der Waals surface area contributed by atoms with Gasteiger partial charge in [0, 0.05) is 0 Å². The van der Waals surface area contributed by atoms with Crippen LogP contribution in [0.1, 0.15) is 6.92 Å². The van der Waals surface area contributed by atoms with Gasteiger partial charge < -0.3 is 4.74 Å². The van der Waals surface area contributed by atoms with Crippen molar-refractivity contribution in [3.05, 3.63) is 91.0 Å². The van der Waals surface area contributed by atoms with Crippen molar-refractivity contribution in [2.45, 2.75) is 6.92 Å². The number of ether oxygens (including phenoxy) is 1. The van der Waals surface area contributed by atoms with Gasteiger partial charge in [-0.25, -0.2) is 0 Å². The summed E-state index contributed by atoms with van der Waals surface area (Å²) in [5, 5.41) is 3.82. The van der Waals surface area contributed by atoms with E-state index >= 15 is 0 Å². The van der Waals surface area contributed by atoms with Crippen molar-refractivity contribution in [2.24, 2.45) is 0 Å². The molecular weight excluding hydrogens is 308 g/mol. The molecule has 0 N–H and O–H groups in total. The molecule has 0 aliphatic rings. The number of benzene rings is 3. The highest BCUT2D eigenvalue weighted by Gasteiger charge is 2.38. The highest BCUT2D eigenvalue weighted by molar-refractivity contribution is 7.16. The van der Waals surface area contributed by atoms with E-state index in [4.69, 9.17) is 4.74 Å². The molecule has 0 spiro atoms. The smallest absolute Gasteiger partial charge is 0.234 e. The van der Waals surface area contributed by atoms with Crippen LogP contribution in [0.5, 0.6) is 0 Å². The minimum Gasteiger partial charge on any atom is -0.447 e. The Labute approximate surface area is 144 Å². The molecule has 118 valence electrons. The molecule has 0 amide bonds. The summed E-state index contributed by atoms with van der Waals surface area (Å²) in [6.07, 6.45) is 2.98. The molecule has 2 heteroatoms. The Bertz CT molecular complexity index is 721. The van der Waals surface area contributed by atoms with Crippen LogP contribution in [-0.4, -0.2) is 14.7 Å². The first-order valence-electron chi connectivity index (χ1n) is 8.18. The van der Waals surface area contributed by atoms with E-state index in [-0.39, 0.29) is 0 Å². The molecule has 0 fully saturated rings. The third-order valence-electron chi connectivity index (χ3n) is 4.08. The number of rotatable bonds is 4. The van der Waals surface area contributed by atoms with Crippen LogP contribution in [-0.2, 0) is 4.74 Å². The number of hydrogen-bond acceptors (Lipinski definition) is 1. The maximum Gasteiger partial charge on any atom is 0.234 e. The maximum atomic E-state index is 5.43. The molecule has 0 aliphatic heterocycles. The third-order valence-corrected chi connectivity index (χ3v) is 8.15. The topological polar surface area (TPSA) is 9.23 Å². The summed E-state index contributed by atoms with van der Waals surface area (Å²) in [6, 6.07) is 31.8. The highest BCUT2D eigenvalue weighted by atomic mass is 28.3. The van der Waals surface area contributed by atoms with Gasteiger partial charge in [0.1, 0.15) is 6.11 Å². The summed E-state index contributed by atoms with van der Waals surface area (Å²) in [4.78, 5) is 0. The lowest BCUT2D eigenvalue weighted by molar-refractivity contribution is 0.299. The van der Waals surface area contributed by atoms with Crippen LogP contribution in [0.25, 0.3) is 0 Å². The van der Waals surface area contributed by atoms with E-state index in [1.54, 1.807) is 0 Å². The molecule has 0 unspecified atom stereocenters. The monoisotopic (exact) mass is 328 g/mol. The van der Waals surface area contributed by atoms with Crippen molar-refractivity contribution in [3.8, 4) is 11.7 Å². The van der Waals surface area contributed by atoms with Crippen LogP contribution < -0.4 is 15.6 Å². The van der Waals surface area contributed by atoms with Gasteiger partial charge in [-0.3, -0.25) is 0 Å². The molecule has 0 saturated carbocycles. The summed E-state index contributed by atoms with van der Waals surface area (Å²) >= 11 is 0. The summed E-state index contributed by atoms with van der Waals surface area (Å²) in [6.45, 7) is 2.56. The van der Waals surface area contributed by atoms with Crippen LogP contribution in [0, 0.1) is 11.7 Å². The average Bonchev–Trinajstić information content (AvgIpc) is 2.68. The second-order valence-electron chi connectivity index (χ2n) is 5.51. The van der Waals surface area contributed by atoms with Crippen LogP contribution >= 0.6 is 0 Å². The molecule has 0 aromatic heterocycles. The zero-order chi connectivity index (χ0) is 16.7. The van der Waals surface area contributed by atoms with Crippen molar-refractivity contribution in [2.75, 3.05) is 6.61 Å². The van der Waals surface area contributed by atoms with Crippen molar-refractivity contribution < 1.29 is 4.74 Å². The second kappa shape index (κ2) is 7.67. The van der Waals surface area contributed by atoms with Gasteiger partial charge >= 0.3 is 0 Å². The van der Waals surface area contributed by atoms with E-state index in [0.717, 1.165) is 0 Å². The van der Waals surface area contributed by atoms with E-state index in [9.17, 15) is 0 Å². The van der Waals surface area contributed by atoms with E-state index in [1.165, 1.54) is 15.6 Å². The lowest BCUT2D eigenvalue weighted by Crippen LogP contribution is -2.66. The molecule has 3 aromatic rings. The largest absolute Gasteiger partial charge is 0.447 e. The van der Waals surface area contributed by atoms with Crippen LogP contribution in [0.3, 0.4) is 0 Å². The van der Waals surface area contributed by atoms with Crippen LogP contribution in [0.4, 0.5) is 0 Å². The first kappa shape index (κ1) is 16.1. The first-order valence-corrected chi connectivity index (χ1v) is 10.2. The molecule has 0 heterocycles. The van der Waals surface area contributed by atoms with Crippen molar-refractivity contribution >= 4 is 23.6 Å². The maximum absolute atomic E-state index is 5.43. The van der Waals surface area contributed by atoms with E-state index in [0.29, 0.717) is 6.61 Å². The predicted octanol–water partition coefficient (Wildman–Crippen LogP) is 2.69. The molecule has 0 bridgehead atoms. The fraction of sp³-hybridized carbons (Fsp3) is 0.0909. The summed E-state index contributed by atoms with van der Waals surface area (Å²) < 4.78 is 5.43. The van der Waals surface area contributed by atoms with Crippen LogP contribution in [0.15, 0.2) is 91.0 Å². The zero-order valence-electron chi connectivity index (χ0n) is 13.8. The van der Waals surface area contributed by atoms with Gasteiger partial charge in [-0.15, -0.1) is 0 Å². The molecule has 24 heavy (non-hydrogen) atoms. The number of hydrogen-bond donors (Lipinski definition) is 0. The Morgan fingerprint density at radius 2 is 1.04 bits per heavy atom. The Morgan fingerprint density at radius 1 is 0.667 bits per heavy atom. The lowest BCUT2D eigenvalue weighted by Gasteiger charge is -2.27. The molecule has 0 atom stereocenters. The van der Waals surface area contributed by atoms with E-state index in [2.05, 4.69) is 103 Å². The van der Waals surface area contributed by atoms with Gasteiger partial charge in [0.15, 0.2) is 0 Å². The van der Waals surface area contributed by atoms with Gasteiger partial charge in [-0.1, -0.05) is 96.5 Å². The summed E-state index contributed by atoms with van der Waals surface area (Å²) in [7, 11) is -2.45. The standard InChI is InChI=1S/C22H20OSi/c1-2-23-18-19-24(20-12-6-3-7-13-20,21-14-8-4-9-15-21)22-16-10-5-11-17-22/h3-17H,2H2,1H3. The van der Waals surface area contributed by atoms with Crippen molar-refractivity contribution in [1.29, 1.82) is 0 Å². The molecule has 1 nitrogen and oxygen atoms in total. The minimum absolute atomic E-state index is 0.593. The predicted molar refractivity (Wildman–Crippen MR) is 103 cm³/mol. The molecule has 0 saturated heterocycles. The third kappa shape index (κ3) is 3.13. The lowest BCUT2D eigenvalue weighted by atomic mass is 10.3. The Balaban J connectivity index is 2.31. The quantitative estimate of drug-likeness (QED) is 0.406. The first-order chi connectivity index (χ1) is 11.9. The molecular formula is C22H20OSi. The molecule has 0 radical (unpaired) electrons. The molecule has 3 rings (SSSR count). The Morgan fingerprint density at radius 3 is 1.38 bits per heavy atom. The molecule has 3 aromatic carbocycles.